The Balaban J connectivity index is 1.88. The molecule has 0 bridgehead atoms. The Hall–Kier alpha value is -0.770. The van der Waals surface area contributed by atoms with Crippen molar-refractivity contribution in [1.29, 1.82) is 0 Å². The summed E-state index contributed by atoms with van der Waals surface area (Å²) in [6, 6.07) is 0. The highest BCUT2D eigenvalue weighted by Gasteiger charge is 2.16. The maximum Gasteiger partial charge on any atom is 0.407 e. The van der Waals surface area contributed by atoms with Crippen LogP contribution in [0.5, 0.6) is 0 Å². The number of alkyl carbamates (subject to hydrolysis) is 1. The number of nitrogens with zero attached hydrogens (tertiary/aromatic N) is 1. The molecule has 0 aromatic carbocycles. The molecule has 1 saturated heterocycles. The number of ether oxygens (including phenoxy) is 1. The van der Waals surface area contributed by atoms with E-state index in [1.54, 1.807) is 0 Å². The van der Waals surface area contributed by atoms with Crippen LogP contribution in [0.25, 0.3) is 0 Å². The van der Waals surface area contributed by atoms with E-state index in [2.05, 4.69) is 10.2 Å². The largest absolute Gasteiger partial charge is 0.448 e. The zero-order chi connectivity index (χ0) is 8.10. The number of rotatable bonds is 4. The van der Waals surface area contributed by atoms with Gasteiger partial charge in [-0.2, -0.15) is 0 Å². The SMILES string of the molecule is CCNC(=O)OCCN1CC1. The molecule has 1 aliphatic heterocycles. The summed E-state index contributed by atoms with van der Waals surface area (Å²) < 4.78 is 4.84. The van der Waals surface area contributed by atoms with Gasteiger partial charge in [-0.05, 0) is 6.92 Å². The van der Waals surface area contributed by atoms with Gasteiger partial charge in [0.25, 0.3) is 0 Å². The van der Waals surface area contributed by atoms with E-state index in [1.165, 1.54) is 0 Å². The molecule has 0 aromatic heterocycles. The minimum Gasteiger partial charge on any atom is -0.448 e. The molecule has 0 spiro atoms. The summed E-state index contributed by atoms with van der Waals surface area (Å²) >= 11 is 0. The summed E-state index contributed by atoms with van der Waals surface area (Å²) in [4.78, 5) is 12.9. The topological polar surface area (TPSA) is 41.3 Å². The molecule has 64 valence electrons. The average Bonchev–Trinajstić information content (AvgIpc) is 2.72. The number of hydrogen-bond acceptors (Lipinski definition) is 3. The second-order valence-corrected chi connectivity index (χ2v) is 2.51. The van der Waals surface area contributed by atoms with Gasteiger partial charge in [-0.1, -0.05) is 0 Å². The third-order valence-electron chi connectivity index (χ3n) is 1.50. The van der Waals surface area contributed by atoms with Crippen molar-refractivity contribution in [3.8, 4) is 0 Å². The summed E-state index contributed by atoms with van der Waals surface area (Å²) in [6.07, 6.45) is -0.311. The van der Waals surface area contributed by atoms with Gasteiger partial charge in [0, 0.05) is 26.2 Å². The maximum atomic E-state index is 10.7. The van der Waals surface area contributed by atoms with Crippen molar-refractivity contribution in [2.24, 2.45) is 0 Å². The first kappa shape index (κ1) is 8.33. The van der Waals surface area contributed by atoms with E-state index in [-0.39, 0.29) is 6.09 Å². The van der Waals surface area contributed by atoms with E-state index >= 15 is 0 Å². The van der Waals surface area contributed by atoms with Crippen LogP contribution in [-0.2, 0) is 4.74 Å². The minimum absolute atomic E-state index is 0.311. The van der Waals surface area contributed by atoms with Crippen LogP contribution in [0.2, 0.25) is 0 Å². The quantitative estimate of drug-likeness (QED) is 0.588. The first-order chi connectivity index (χ1) is 5.33. The number of hydrogen-bond donors (Lipinski definition) is 1. The van der Waals surface area contributed by atoms with Gasteiger partial charge < -0.3 is 10.1 Å². The number of nitrogens with one attached hydrogen (secondary N) is 1. The van der Waals surface area contributed by atoms with E-state index in [1.807, 2.05) is 6.92 Å². The summed E-state index contributed by atoms with van der Waals surface area (Å²) in [6.45, 7) is 6.18. The number of amides is 1. The Kier molecular flexibility index (Phi) is 3.16. The van der Waals surface area contributed by atoms with E-state index in [9.17, 15) is 4.79 Å². The van der Waals surface area contributed by atoms with Gasteiger partial charge in [0.15, 0.2) is 0 Å². The second-order valence-electron chi connectivity index (χ2n) is 2.51. The molecule has 1 aliphatic rings. The van der Waals surface area contributed by atoms with Crippen LogP contribution >= 0.6 is 0 Å². The fourth-order valence-electron chi connectivity index (χ4n) is 0.757. The van der Waals surface area contributed by atoms with E-state index in [0.29, 0.717) is 13.2 Å². The van der Waals surface area contributed by atoms with Crippen LogP contribution in [0, 0.1) is 0 Å². The van der Waals surface area contributed by atoms with Crippen molar-refractivity contribution < 1.29 is 9.53 Å². The number of carbonyl (C=O) groups excluding carboxylic acids is 1. The molecule has 1 fully saturated rings. The molecule has 1 amide bonds. The third-order valence-corrected chi connectivity index (χ3v) is 1.50. The molecule has 0 radical (unpaired) electrons. The van der Waals surface area contributed by atoms with Gasteiger partial charge in [0.1, 0.15) is 6.61 Å². The Bertz CT molecular complexity index is 134. The molecule has 4 nitrogen and oxygen atoms in total. The minimum atomic E-state index is -0.311. The monoisotopic (exact) mass is 158 g/mol. The number of carbonyl (C=O) groups is 1. The highest BCUT2D eigenvalue weighted by atomic mass is 16.5. The van der Waals surface area contributed by atoms with Crippen molar-refractivity contribution in [2.75, 3.05) is 32.8 Å². The Morgan fingerprint density at radius 1 is 1.64 bits per heavy atom. The first-order valence-corrected chi connectivity index (χ1v) is 3.96. The second kappa shape index (κ2) is 4.18. The average molecular weight is 158 g/mol. The summed E-state index contributed by atoms with van der Waals surface area (Å²) in [5, 5.41) is 2.56. The fraction of sp³-hybridized carbons (Fsp3) is 0.857. The molecular formula is C7H14N2O2. The van der Waals surface area contributed by atoms with Crippen molar-refractivity contribution in [3.05, 3.63) is 0 Å². The van der Waals surface area contributed by atoms with Crippen LogP contribution in [-0.4, -0.2) is 43.8 Å². The molecule has 1 rings (SSSR count). The molecule has 1 heterocycles. The normalized spacial score (nSPS) is 16.1. The smallest absolute Gasteiger partial charge is 0.407 e. The van der Waals surface area contributed by atoms with Gasteiger partial charge >= 0.3 is 6.09 Å². The Labute approximate surface area is 66.5 Å². The molecule has 0 aliphatic carbocycles. The van der Waals surface area contributed by atoms with Gasteiger partial charge in [-0.3, -0.25) is 4.90 Å². The van der Waals surface area contributed by atoms with Crippen molar-refractivity contribution >= 4 is 6.09 Å². The standard InChI is InChI=1S/C7H14N2O2/c1-2-8-7(10)11-6-5-9-3-4-9/h2-6H2,1H3,(H,8,10). The molecule has 11 heavy (non-hydrogen) atoms. The van der Waals surface area contributed by atoms with E-state index in [4.69, 9.17) is 4.74 Å². The lowest BCUT2D eigenvalue weighted by Gasteiger charge is -2.04. The highest BCUT2D eigenvalue weighted by molar-refractivity contribution is 5.66. The molecule has 0 saturated carbocycles. The van der Waals surface area contributed by atoms with Crippen LogP contribution < -0.4 is 5.32 Å². The Morgan fingerprint density at radius 2 is 2.36 bits per heavy atom. The molecular weight excluding hydrogens is 144 g/mol. The highest BCUT2D eigenvalue weighted by Crippen LogP contribution is 2.00. The van der Waals surface area contributed by atoms with Crippen LogP contribution in [0.1, 0.15) is 6.92 Å². The summed E-state index contributed by atoms with van der Waals surface area (Å²) in [5.41, 5.74) is 0. The molecule has 1 N–H and O–H groups in total. The Morgan fingerprint density at radius 3 is 2.91 bits per heavy atom. The molecule has 4 heteroatoms. The zero-order valence-electron chi connectivity index (χ0n) is 6.80. The van der Waals surface area contributed by atoms with Gasteiger partial charge in [0.05, 0.1) is 0 Å². The predicted octanol–water partition coefficient (Wildman–Crippen LogP) is 0.0481. The predicted molar refractivity (Wildman–Crippen MR) is 41.5 cm³/mol. The summed E-state index contributed by atoms with van der Waals surface area (Å²) in [7, 11) is 0. The summed E-state index contributed by atoms with van der Waals surface area (Å²) in [5.74, 6) is 0. The molecule has 0 atom stereocenters. The molecule has 0 aromatic rings. The third kappa shape index (κ3) is 3.83. The van der Waals surface area contributed by atoms with Crippen molar-refractivity contribution in [2.45, 2.75) is 6.92 Å². The fourth-order valence-corrected chi connectivity index (χ4v) is 0.757. The van der Waals surface area contributed by atoms with Crippen LogP contribution in [0.4, 0.5) is 4.79 Å². The molecule has 0 unspecified atom stereocenters. The van der Waals surface area contributed by atoms with Crippen molar-refractivity contribution in [1.82, 2.24) is 10.2 Å². The van der Waals surface area contributed by atoms with Gasteiger partial charge in [0.2, 0.25) is 0 Å². The van der Waals surface area contributed by atoms with Crippen LogP contribution in [0.15, 0.2) is 0 Å². The van der Waals surface area contributed by atoms with Gasteiger partial charge in [-0.25, -0.2) is 4.79 Å². The lowest BCUT2D eigenvalue weighted by atomic mass is 10.7. The van der Waals surface area contributed by atoms with E-state index < -0.39 is 0 Å². The van der Waals surface area contributed by atoms with Crippen molar-refractivity contribution in [3.63, 3.8) is 0 Å². The van der Waals surface area contributed by atoms with Crippen LogP contribution in [0.3, 0.4) is 0 Å². The van der Waals surface area contributed by atoms with Gasteiger partial charge in [-0.15, -0.1) is 0 Å². The first-order valence-electron chi connectivity index (χ1n) is 3.96. The maximum absolute atomic E-state index is 10.7. The zero-order valence-corrected chi connectivity index (χ0v) is 6.80. The lowest BCUT2D eigenvalue weighted by molar-refractivity contribution is 0.142. The lowest BCUT2D eigenvalue weighted by Crippen LogP contribution is -2.25. The van der Waals surface area contributed by atoms with E-state index in [0.717, 1.165) is 19.6 Å².